The van der Waals surface area contributed by atoms with Crippen LogP contribution in [0, 0.1) is 11.8 Å². The second-order valence-corrected chi connectivity index (χ2v) is 6.01. The fourth-order valence-electron chi connectivity index (χ4n) is 4.85. The van der Waals surface area contributed by atoms with Gasteiger partial charge in [-0.2, -0.15) is 0 Å². The zero-order chi connectivity index (χ0) is 10.5. The summed E-state index contributed by atoms with van der Waals surface area (Å²) in [5, 5.41) is 0. The molecule has 0 spiro atoms. The van der Waals surface area contributed by atoms with Gasteiger partial charge in [-0.05, 0) is 43.9 Å². The van der Waals surface area contributed by atoms with Gasteiger partial charge in [0.1, 0.15) is 6.10 Å². The standard InChI is InChI=1S/C14H21NO/c1-2-6-12-10(4-1)11-5-3-7-13-14(11)15(12)8-9-16-13/h8-14H,1-7H2. The van der Waals surface area contributed by atoms with Gasteiger partial charge in [-0.3, -0.25) is 0 Å². The van der Waals surface area contributed by atoms with E-state index in [0.29, 0.717) is 6.10 Å². The first-order valence-electron chi connectivity index (χ1n) is 7.05. The summed E-state index contributed by atoms with van der Waals surface area (Å²) in [6.07, 6.45) is 14.6. The molecule has 2 saturated carbocycles. The van der Waals surface area contributed by atoms with Crippen molar-refractivity contribution in [3.05, 3.63) is 12.5 Å². The van der Waals surface area contributed by atoms with Gasteiger partial charge in [-0.25, -0.2) is 0 Å². The Hall–Kier alpha value is -0.660. The van der Waals surface area contributed by atoms with E-state index < -0.39 is 0 Å². The number of fused-ring (bicyclic) bond motifs is 3. The summed E-state index contributed by atoms with van der Waals surface area (Å²) in [6, 6.07) is 1.58. The summed E-state index contributed by atoms with van der Waals surface area (Å²) in [5.74, 6) is 1.92. The molecule has 0 aromatic rings. The van der Waals surface area contributed by atoms with Gasteiger partial charge in [0, 0.05) is 12.2 Å². The molecule has 4 aliphatic rings. The van der Waals surface area contributed by atoms with E-state index in [1.807, 2.05) is 6.26 Å². The first-order valence-corrected chi connectivity index (χ1v) is 7.05. The number of rotatable bonds is 0. The van der Waals surface area contributed by atoms with Crippen molar-refractivity contribution in [2.75, 3.05) is 0 Å². The average molecular weight is 219 g/mol. The molecule has 0 aromatic heterocycles. The molecule has 5 unspecified atom stereocenters. The first-order chi connectivity index (χ1) is 7.95. The van der Waals surface area contributed by atoms with Crippen molar-refractivity contribution in [3.8, 4) is 0 Å². The van der Waals surface area contributed by atoms with Crippen LogP contribution in [0.1, 0.15) is 44.9 Å². The zero-order valence-corrected chi connectivity index (χ0v) is 9.85. The Morgan fingerprint density at radius 2 is 1.81 bits per heavy atom. The third kappa shape index (κ3) is 1.13. The molecule has 0 bridgehead atoms. The summed E-state index contributed by atoms with van der Waals surface area (Å²) >= 11 is 0. The number of hydrogen-bond donors (Lipinski definition) is 0. The molecule has 2 heterocycles. The molecule has 0 aromatic carbocycles. The molecule has 1 saturated heterocycles. The van der Waals surface area contributed by atoms with Gasteiger partial charge in [0.05, 0.1) is 12.3 Å². The molecular weight excluding hydrogens is 198 g/mol. The molecule has 0 amide bonds. The SMILES string of the molecule is C1=CN2C3CCCCC3C3CCCC(O1)C32. The van der Waals surface area contributed by atoms with E-state index >= 15 is 0 Å². The topological polar surface area (TPSA) is 12.5 Å². The highest BCUT2D eigenvalue weighted by Gasteiger charge is 2.53. The fourth-order valence-corrected chi connectivity index (χ4v) is 4.85. The van der Waals surface area contributed by atoms with Gasteiger partial charge in [0.15, 0.2) is 0 Å². The zero-order valence-electron chi connectivity index (χ0n) is 9.85. The smallest absolute Gasteiger partial charge is 0.118 e. The first kappa shape index (κ1) is 9.38. The van der Waals surface area contributed by atoms with Crippen LogP contribution in [0.3, 0.4) is 0 Å². The molecule has 2 nitrogen and oxygen atoms in total. The van der Waals surface area contributed by atoms with Crippen molar-refractivity contribution in [2.45, 2.75) is 63.1 Å². The molecule has 16 heavy (non-hydrogen) atoms. The van der Waals surface area contributed by atoms with Crippen LogP contribution in [0.4, 0.5) is 0 Å². The van der Waals surface area contributed by atoms with Crippen LogP contribution in [-0.4, -0.2) is 23.1 Å². The molecule has 3 fully saturated rings. The van der Waals surface area contributed by atoms with E-state index in [9.17, 15) is 0 Å². The summed E-state index contributed by atoms with van der Waals surface area (Å²) < 4.78 is 5.85. The summed E-state index contributed by atoms with van der Waals surface area (Å²) in [4.78, 5) is 2.68. The predicted molar refractivity (Wildman–Crippen MR) is 62.7 cm³/mol. The van der Waals surface area contributed by atoms with Crippen LogP contribution in [-0.2, 0) is 4.74 Å². The third-order valence-electron chi connectivity index (χ3n) is 5.39. The van der Waals surface area contributed by atoms with Gasteiger partial charge in [-0.1, -0.05) is 12.8 Å². The molecule has 0 radical (unpaired) electrons. The minimum atomic E-state index is 0.509. The van der Waals surface area contributed by atoms with Gasteiger partial charge in [0.2, 0.25) is 0 Å². The van der Waals surface area contributed by atoms with E-state index in [0.717, 1.165) is 23.9 Å². The maximum atomic E-state index is 5.85. The number of nitrogens with zero attached hydrogens (tertiary/aromatic N) is 1. The average Bonchev–Trinajstić information content (AvgIpc) is 2.68. The van der Waals surface area contributed by atoms with Gasteiger partial charge < -0.3 is 9.64 Å². The van der Waals surface area contributed by atoms with Crippen LogP contribution < -0.4 is 0 Å². The highest BCUT2D eigenvalue weighted by atomic mass is 16.5. The van der Waals surface area contributed by atoms with E-state index in [2.05, 4.69) is 11.1 Å². The molecule has 5 atom stereocenters. The van der Waals surface area contributed by atoms with Crippen molar-refractivity contribution < 1.29 is 4.74 Å². The highest BCUT2D eigenvalue weighted by Crippen LogP contribution is 2.50. The van der Waals surface area contributed by atoms with Crippen LogP contribution in [0.25, 0.3) is 0 Å². The van der Waals surface area contributed by atoms with Crippen LogP contribution in [0.5, 0.6) is 0 Å². The van der Waals surface area contributed by atoms with Crippen LogP contribution in [0.2, 0.25) is 0 Å². The largest absolute Gasteiger partial charge is 0.494 e. The molecule has 0 N–H and O–H groups in total. The molecule has 2 aliphatic heterocycles. The van der Waals surface area contributed by atoms with Crippen LogP contribution in [0.15, 0.2) is 12.5 Å². The molecular formula is C14H21NO. The Bertz CT molecular complexity index is 314. The van der Waals surface area contributed by atoms with Crippen molar-refractivity contribution in [3.63, 3.8) is 0 Å². The highest BCUT2D eigenvalue weighted by molar-refractivity contribution is 5.11. The van der Waals surface area contributed by atoms with E-state index in [1.54, 1.807) is 0 Å². The number of ether oxygens (including phenoxy) is 1. The third-order valence-corrected chi connectivity index (χ3v) is 5.39. The Morgan fingerprint density at radius 1 is 0.938 bits per heavy atom. The quantitative estimate of drug-likeness (QED) is 0.621. The number of hydrogen-bond acceptors (Lipinski definition) is 2. The second kappa shape index (κ2) is 3.41. The van der Waals surface area contributed by atoms with Gasteiger partial charge in [-0.15, -0.1) is 0 Å². The lowest BCUT2D eigenvalue weighted by atomic mass is 9.73. The van der Waals surface area contributed by atoms with E-state index in [-0.39, 0.29) is 0 Å². The lowest BCUT2D eigenvalue weighted by Crippen LogP contribution is -2.47. The Kier molecular flexibility index (Phi) is 2.00. The Labute approximate surface area is 97.6 Å². The predicted octanol–water partition coefficient (Wildman–Crippen LogP) is 2.90. The van der Waals surface area contributed by atoms with Gasteiger partial charge >= 0.3 is 0 Å². The molecule has 2 aliphatic carbocycles. The van der Waals surface area contributed by atoms with Crippen molar-refractivity contribution in [1.29, 1.82) is 0 Å². The van der Waals surface area contributed by atoms with Crippen LogP contribution >= 0.6 is 0 Å². The Morgan fingerprint density at radius 3 is 2.81 bits per heavy atom. The maximum Gasteiger partial charge on any atom is 0.118 e. The van der Waals surface area contributed by atoms with E-state index in [4.69, 9.17) is 4.74 Å². The van der Waals surface area contributed by atoms with Crippen molar-refractivity contribution in [2.24, 2.45) is 11.8 Å². The Balaban J connectivity index is 1.72. The normalized spacial score (nSPS) is 49.5. The maximum absolute atomic E-state index is 5.85. The minimum absolute atomic E-state index is 0.509. The minimum Gasteiger partial charge on any atom is -0.494 e. The fraction of sp³-hybridized carbons (Fsp3) is 0.857. The lowest BCUT2D eigenvalue weighted by Gasteiger charge is -2.41. The van der Waals surface area contributed by atoms with Crippen molar-refractivity contribution >= 4 is 0 Å². The van der Waals surface area contributed by atoms with E-state index in [1.165, 1.54) is 44.9 Å². The van der Waals surface area contributed by atoms with Crippen molar-refractivity contribution in [1.82, 2.24) is 4.90 Å². The van der Waals surface area contributed by atoms with Gasteiger partial charge in [0.25, 0.3) is 0 Å². The monoisotopic (exact) mass is 219 g/mol. The molecule has 2 heteroatoms. The summed E-state index contributed by atoms with van der Waals surface area (Å²) in [7, 11) is 0. The lowest BCUT2D eigenvalue weighted by molar-refractivity contribution is -0.00140. The summed E-state index contributed by atoms with van der Waals surface area (Å²) in [6.45, 7) is 0. The summed E-state index contributed by atoms with van der Waals surface area (Å²) in [5.41, 5.74) is 0. The molecule has 88 valence electrons. The second-order valence-electron chi connectivity index (χ2n) is 6.01. The molecule has 4 rings (SSSR count).